The van der Waals surface area contributed by atoms with Crippen LogP contribution in [0.5, 0.6) is 0 Å². The minimum atomic E-state index is -1.64. The molecule has 0 saturated carbocycles. The molecule has 0 aromatic rings. The van der Waals surface area contributed by atoms with E-state index in [1.807, 2.05) is 0 Å². The number of carbonyl (C=O) groups is 1. The second-order valence-electron chi connectivity index (χ2n) is 1.87. The Morgan fingerprint density at radius 1 is 1.30 bits per heavy atom. The fourth-order valence-electron chi connectivity index (χ4n) is 0.416. The van der Waals surface area contributed by atoms with E-state index in [-0.39, 0.29) is 6.29 Å². The Kier molecular flexibility index (Phi) is 4.13. The standard InChI is InChI=1S/C5H10O5/c6-1-3(8)5(10)4(9)2-7/h1,3-5,7-10H,2H2/t3-,4+,5-/m0/s1/i6+2. The van der Waals surface area contributed by atoms with Crippen LogP contribution in [0.25, 0.3) is 0 Å². The Balaban J connectivity index is 3.80. The first kappa shape index (κ1) is 9.51. The molecular weight excluding hydrogens is 142 g/mol. The van der Waals surface area contributed by atoms with Crippen molar-refractivity contribution >= 4 is 6.29 Å². The topological polar surface area (TPSA) is 98.0 Å². The van der Waals surface area contributed by atoms with E-state index < -0.39 is 24.9 Å². The Bertz CT molecular complexity index is 104. The quantitative estimate of drug-likeness (QED) is 0.259. The predicted molar refractivity (Wildman–Crippen MR) is 31.2 cm³/mol. The van der Waals surface area contributed by atoms with Gasteiger partial charge in [0.15, 0.2) is 6.29 Å². The maximum absolute atomic E-state index is 9.76. The Hall–Kier alpha value is -0.490. The summed E-state index contributed by atoms with van der Waals surface area (Å²) >= 11 is 0. The second kappa shape index (κ2) is 4.35. The summed E-state index contributed by atoms with van der Waals surface area (Å²) in [6.07, 6.45) is -4.63. The van der Waals surface area contributed by atoms with Gasteiger partial charge >= 0.3 is 0 Å². The molecule has 10 heavy (non-hydrogen) atoms. The van der Waals surface area contributed by atoms with Gasteiger partial charge in [-0.2, -0.15) is 0 Å². The van der Waals surface area contributed by atoms with Crippen molar-refractivity contribution in [2.24, 2.45) is 0 Å². The third-order valence-corrected chi connectivity index (χ3v) is 1.07. The Labute approximate surface area is 57.5 Å². The lowest BCUT2D eigenvalue weighted by molar-refractivity contribution is -0.127. The van der Waals surface area contributed by atoms with Crippen LogP contribution in [0, 0.1) is 0 Å². The van der Waals surface area contributed by atoms with Gasteiger partial charge in [-0.3, -0.25) is 0 Å². The highest BCUT2D eigenvalue weighted by Crippen LogP contribution is 1.96. The van der Waals surface area contributed by atoms with Gasteiger partial charge in [0.25, 0.3) is 0 Å². The molecule has 0 aliphatic carbocycles. The molecule has 0 aromatic carbocycles. The Morgan fingerprint density at radius 3 is 2.10 bits per heavy atom. The van der Waals surface area contributed by atoms with Crippen LogP contribution in [0.3, 0.4) is 0 Å². The van der Waals surface area contributed by atoms with Crippen LogP contribution in [0.2, 0.25) is 0 Å². The molecule has 5 heteroatoms. The van der Waals surface area contributed by atoms with Crippen LogP contribution in [-0.4, -0.2) is 51.6 Å². The highest BCUT2D eigenvalue weighted by Gasteiger charge is 2.22. The number of hydrogen-bond acceptors (Lipinski definition) is 5. The molecular formula is C5H10O5. The summed E-state index contributed by atoms with van der Waals surface area (Å²) in [6, 6.07) is 0. The first-order valence-corrected chi connectivity index (χ1v) is 2.73. The zero-order chi connectivity index (χ0) is 8.15. The van der Waals surface area contributed by atoms with Crippen molar-refractivity contribution in [2.45, 2.75) is 18.3 Å². The first-order chi connectivity index (χ1) is 4.63. The lowest BCUT2D eigenvalue weighted by atomic mass is 10.1. The van der Waals surface area contributed by atoms with Crippen LogP contribution >= 0.6 is 0 Å². The van der Waals surface area contributed by atoms with Crippen LogP contribution in [-0.2, 0) is 4.79 Å². The molecule has 0 radical (unpaired) electrons. The molecule has 0 amide bonds. The summed E-state index contributed by atoms with van der Waals surface area (Å²) < 4.78 is 0. The highest BCUT2D eigenvalue weighted by atomic mass is 18.1. The molecule has 5 nitrogen and oxygen atoms in total. The van der Waals surface area contributed by atoms with Crippen LogP contribution in [0.4, 0.5) is 0 Å². The summed E-state index contributed by atoms with van der Waals surface area (Å²) in [5.74, 6) is 0. The van der Waals surface area contributed by atoms with Crippen LogP contribution < -0.4 is 0 Å². The van der Waals surface area contributed by atoms with E-state index in [2.05, 4.69) is 0 Å². The lowest BCUT2D eigenvalue weighted by Gasteiger charge is -2.16. The fraction of sp³-hybridized carbons (Fsp3) is 0.800. The van der Waals surface area contributed by atoms with Crippen molar-refractivity contribution in [3.8, 4) is 0 Å². The van der Waals surface area contributed by atoms with E-state index in [1.165, 1.54) is 0 Å². The fourth-order valence-corrected chi connectivity index (χ4v) is 0.416. The van der Waals surface area contributed by atoms with Gasteiger partial charge in [-0.05, 0) is 0 Å². The molecule has 0 aliphatic heterocycles. The molecule has 0 heterocycles. The van der Waals surface area contributed by atoms with E-state index in [9.17, 15) is 4.79 Å². The summed E-state index contributed by atoms with van der Waals surface area (Å²) in [5.41, 5.74) is 0. The average Bonchev–Trinajstić information content (AvgIpc) is 2.00. The third kappa shape index (κ3) is 2.40. The average molecular weight is 152 g/mol. The maximum Gasteiger partial charge on any atom is 0.151 e. The SMILES string of the molecule is OC[C@@H](O)[C@@H](O)[C@@H](O)C=[18O]. The van der Waals surface area contributed by atoms with Gasteiger partial charge in [-0.15, -0.1) is 0 Å². The number of hydrogen-bond donors (Lipinski definition) is 4. The largest absolute Gasteiger partial charge is 0.394 e. The number of aldehydes is 1. The van der Waals surface area contributed by atoms with Crippen molar-refractivity contribution in [3.63, 3.8) is 0 Å². The minimum absolute atomic E-state index is 0.0869. The van der Waals surface area contributed by atoms with E-state index in [0.717, 1.165) is 0 Å². The van der Waals surface area contributed by atoms with E-state index in [4.69, 9.17) is 20.4 Å². The van der Waals surface area contributed by atoms with Crippen molar-refractivity contribution in [1.82, 2.24) is 0 Å². The van der Waals surface area contributed by atoms with Crippen molar-refractivity contribution in [1.29, 1.82) is 0 Å². The van der Waals surface area contributed by atoms with Gasteiger partial charge in [0, 0.05) is 0 Å². The zero-order valence-corrected chi connectivity index (χ0v) is 5.21. The van der Waals surface area contributed by atoms with Crippen molar-refractivity contribution in [2.75, 3.05) is 6.61 Å². The number of rotatable bonds is 4. The normalized spacial score (nSPS) is 19.6. The molecule has 0 rings (SSSR count). The molecule has 0 saturated heterocycles. The molecule has 0 spiro atoms. The smallest absolute Gasteiger partial charge is 0.151 e. The molecule has 60 valence electrons. The van der Waals surface area contributed by atoms with Crippen LogP contribution in [0.1, 0.15) is 0 Å². The molecule has 0 aromatic heterocycles. The lowest BCUT2D eigenvalue weighted by Crippen LogP contribution is -2.40. The first-order valence-electron chi connectivity index (χ1n) is 2.73. The number of aliphatic hydroxyl groups is 4. The van der Waals surface area contributed by atoms with E-state index in [0.29, 0.717) is 0 Å². The predicted octanol–water partition coefficient (Wildman–Crippen LogP) is -2.74. The van der Waals surface area contributed by atoms with Gasteiger partial charge < -0.3 is 25.2 Å². The Morgan fingerprint density at radius 2 is 1.80 bits per heavy atom. The molecule has 3 atom stereocenters. The number of carbonyl (C=O) groups excluding carboxylic acids is 1. The summed E-state index contributed by atoms with van der Waals surface area (Å²) in [4.78, 5) is 9.76. The van der Waals surface area contributed by atoms with Gasteiger partial charge in [0.05, 0.1) is 6.61 Å². The van der Waals surface area contributed by atoms with E-state index >= 15 is 0 Å². The van der Waals surface area contributed by atoms with Crippen LogP contribution in [0.15, 0.2) is 0 Å². The van der Waals surface area contributed by atoms with Gasteiger partial charge in [0.1, 0.15) is 18.3 Å². The highest BCUT2D eigenvalue weighted by molar-refractivity contribution is 5.56. The number of aliphatic hydroxyl groups excluding tert-OH is 4. The zero-order valence-electron chi connectivity index (χ0n) is 5.21. The summed E-state index contributed by atoms with van der Waals surface area (Å²) in [6.45, 7) is -0.688. The minimum Gasteiger partial charge on any atom is -0.394 e. The maximum atomic E-state index is 9.76. The third-order valence-electron chi connectivity index (χ3n) is 1.07. The van der Waals surface area contributed by atoms with Crippen molar-refractivity contribution < 1.29 is 25.2 Å². The molecule has 0 unspecified atom stereocenters. The van der Waals surface area contributed by atoms with Gasteiger partial charge in [0.2, 0.25) is 0 Å². The molecule has 4 N–H and O–H groups in total. The molecule has 0 aliphatic rings. The van der Waals surface area contributed by atoms with Crippen molar-refractivity contribution in [3.05, 3.63) is 0 Å². The van der Waals surface area contributed by atoms with E-state index in [1.54, 1.807) is 0 Å². The molecule has 0 bridgehead atoms. The molecule has 0 fully saturated rings. The van der Waals surface area contributed by atoms with Gasteiger partial charge in [-0.25, -0.2) is 0 Å². The monoisotopic (exact) mass is 152 g/mol. The summed E-state index contributed by atoms with van der Waals surface area (Å²) in [7, 11) is 0. The summed E-state index contributed by atoms with van der Waals surface area (Å²) in [5, 5.41) is 34.1. The second-order valence-corrected chi connectivity index (χ2v) is 1.87. The van der Waals surface area contributed by atoms with Gasteiger partial charge in [-0.1, -0.05) is 0 Å².